The number of ether oxygens (including phenoxy) is 2. The summed E-state index contributed by atoms with van der Waals surface area (Å²) >= 11 is 0. The fourth-order valence-corrected chi connectivity index (χ4v) is 1.48. The van der Waals surface area contributed by atoms with Crippen molar-refractivity contribution in [1.82, 2.24) is 0 Å². The second-order valence-electron chi connectivity index (χ2n) is 3.85. The van der Waals surface area contributed by atoms with Gasteiger partial charge >= 0.3 is 0 Å². The predicted octanol–water partition coefficient (Wildman–Crippen LogP) is 2.23. The molecule has 0 spiro atoms. The Balaban J connectivity index is 2.11. The Kier molecular flexibility index (Phi) is 4.02. The van der Waals surface area contributed by atoms with Crippen molar-refractivity contribution in [3.63, 3.8) is 0 Å². The van der Waals surface area contributed by atoms with E-state index in [1.807, 2.05) is 0 Å². The molecular weight excluding hydrogens is 152 g/mol. The summed E-state index contributed by atoms with van der Waals surface area (Å²) in [6.45, 7) is 8.05. The molecule has 1 aliphatic heterocycles. The van der Waals surface area contributed by atoms with E-state index in [1.54, 1.807) is 0 Å². The van der Waals surface area contributed by atoms with Gasteiger partial charge in [0.2, 0.25) is 0 Å². The van der Waals surface area contributed by atoms with Gasteiger partial charge in [-0.05, 0) is 26.2 Å². The number of hydrogen-bond donors (Lipinski definition) is 0. The van der Waals surface area contributed by atoms with E-state index in [4.69, 9.17) is 9.47 Å². The van der Waals surface area contributed by atoms with E-state index < -0.39 is 0 Å². The minimum atomic E-state index is 0.328. The molecule has 2 heteroatoms. The lowest BCUT2D eigenvalue weighted by atomic mass is 10.0. The van der Waals surface area contributed by atoms with Crippen molar-refractivity contribution in [3.8, 4) is 0 Å². The van der Waals surface area contributed by atoms with E-state index in [0.29, 0.717) is 12.2 Å². The zero-order valence-corrected chi connectivity index (χ0v) is 8.38. The van der Waals surface area contributed by atoms with Gasteiger partial charge in [-0.25, -0.2) is 0 Å². The summed E-state index contributed by atoms with van der Waals surface area (Å²) in [5.74, 6) is 0.769. The van der Waals surface area contributed by atoms with E-state index in [9.17, 15) is 0 Å². The molecule has 0 aromatic carbocycles. The Morgan fingerprint density at radius 3 is 2.75 bits per heavy atom. The molecule has 1 rings (SSSR count). The van der Waals surface area contributed by atoms with Gasteiger partial charge in [-0.15, -0.1) is 0 Å². The van der Waals surface area contributed by atoms with Crippen LogP contribution in [0.5, 0.6) is 0 Å². The van der Waals surface area contributed by atoms with Crippen LogP contribution in [0.2, 0.25) is 0 Å². The first-order valence-electron chi connectivity index (χ1n) is 4.95. The SMILES string of the molecule is CC[C@H]1CO[C@H](COC(C)C)C1. The van der Waals surface area contributed by atoms with Crippen LogP contribution in [-0.2, 0) is 9.47 Å². The monoisotopic (exact) mass is 172 g/mol. The first-order valence-corrected chi connectivity index (χ1v) is 4.95. The first-order chi connectivity index (χ1) is 5.72. The van der Waals surface area contributed by atoms with Gasteiger partial charge in [0.15, 0.2) is 0 Å². The highest BCUT2D eigenvalue weighted by molar-refractivity contribution is 4.72. The minimum absolute atomic E-state index is 0.328. The normalized spacial score (nSPS) is 30.0. The molecule has 12 heavy (non-hydrogen) atoms. The maximum absolute atomic E-state index is 5.58. The van der Waals surface area contributed by atoms with Gasteiger partial charge in [0.25, 0.3) is 0 Å². The maximum Gasteiger partial charge on any atom is 0.0812 e. The van der Waals surface area contributed by atoms with Crippen LogP contribution in [0.1, 0.15) is 33.6 Å². The molecule has 0 aliphatic carbocycles. The van der Waals surface area contributed by atoms with Gasteiger partial charge in [-0.2, -0.15) is 0 Å². The molecular formula is C10H20O2. The number of hydrogen-bond acceptors (Lipinski definition) is 2. The molecule has 0 radical (unpaired) electrons. The molecule has 2 atom stereocenters. The summed E-state index contributed by atoms with van der Waals surface area (Å²) in [4.78, 5) is 0. The summed E-state index contributed by atoms with van der Waals surface area (Å²) in [6, 6.07) is 0. The molecule has 0 aromatic heterocycles. The topological polar surface area (TPSA) is 18.5 Å². The van der Waals surface area contributed by atoms with Crippen LogP contribution in [0.15, 0.2) is 0 Å². The predicted molar refractivity (Wildman–Crippen MR) is 49.2 cm³/mol. The fraction of sp³-hybridized carbons (Fsp3) is 1.00. The quantitative estimate of drug-likeness (QED) is 0.647. The van der Waals surface area contributed by atoms with Gasteiger partial charge in [-0.3, -0.25) is 0 Å². The fourth-order valence-electron chi connectivity index (χ4n) is 1.48. The van der Waals surface area contributed by atoms with Gasteiger partial charge in [0.05, 0.1) is 18.8 Å². The van der Waals surface area contributed by atoms with Crippen LogP contribution in [-0.4, -0.2) is 25.4 Å². The van der Waals surface area contributed by atoms with E-state index in [-0.39, 0.29) is 0 Å². The maximum atomic E-state index is 5.58. The molecule has 0 bridgehead atoms. The molecule has 0 saturated carbocycles. The Hall–Kier alpha value is -0.0800. The van der Waals surface area contributed by atoms with E-state index in [2.05, 4.69) is 20.8 Å². The Morgan fingerprint density at radius 1 is 1.50 bits per heavy atom. The summed E-state index contributed by atoms with van der Waals surface area (Å²) in [5.41, 5.74) is 0. The van der Waals surface area contributed by atoms with Crippen LogP contribution < -0.4 is 0 Å². The Bertz CT molecular complexity index is 123. The van der Waals surface area contributed by atoms with Crippen molar-refractivity contribution in [1.29, 1.82) is 0 Å². The molecule has 0 N–H and O–H groups in total. The van der Waals surface area contributed by atoms with Crippen molar-refractivity contribution in [2.45, 2.75) is 45.8 Å². The molecule has 0 aromatic rings. The molecule has 1 saturated heterocycles. The summed E-state index contributed by atoms with van der Waals surface area (Å²) in [7, 11) is 0. The highest BCUT2D eigenvalue weighted by Gasteiger charge is 2.24. The Morgan fingerprint density at radius 2 is 2.25 bits per heavy atom. The van der Waals surface area contributed by atoms with Crippen molar-refractivity contribution < 1.29 is 9.47 Å². The molecule has 0 unspecified atom stereocenters. The van der Waals surface area contributed by atoms with Crippen molar-refractivity contribution >= 4 is 0 Å². The molecule has 72 valence electrons. The van der Waals surface area contributed by atoms with Crippen molar-refractivity contribution in [3.05, 3.63) is 0 Å². The minimum Gasteiger partial charge on any atom is -0.376 e. The van der Waals surface area contributed by atoms with Crippen LogP contribution in [0.25, 0.3) is 0 Å². The van der Waals surface area contributed by atoms with Gasteiger partial charge in [-0.1, -0.05) is 13.3 Å². The van der Waals surface area contributed by atoms with Crippen LogP contribution in [0, 0.1) is 5.92 Å². The largest absolute Gasteiger partial charge is 0.376 e. The van der Waals surface area contributed by atoms with Crippen molar-refractivity contribution in [2.24, 2.45) is 5.92 Å². The lowest BCUT2D eigenvalue weighted by Crippen LogP contribution is -2.17. The van der Waals surface area contributed by atoms with Gasteiger partial charge in [0.1, 0.15) is 0 Å². The second kappa shape index (κ2) is 4.83. The number of rotatable bonds is 4. The van der Waals surface area contributed by atoms with E-state index >= 15 is 0 Å². The third kappa shape index (κ3) is 3.11. The standard InChI is InChI=1S/C10H20O2/c1-4-9-5-10(12-6-9)7-11-8(2)3/h8-10H,4-7H2,1-3H3/t9-,10+/m1/s1. The average molecular weight is 172 g/mol. The van der Waals surface area contributed by atoms with E-state index in [0.717, 1.165) is 19.1 Å². The van der Waals surface area contributed by atoms with Gasteiger partial charge in [0, 0.05) is 6.61 Å². The average Bonchev–Trinajstić information content (AvgIpc) is 2.48. The second-order valence-corrected chi connectivity index (χ2v) is 3.85. The van der Waals surface area contributed by atoms with Gasteiger partial charge < -0.3 is 9.47 Å². The zero-order valence-electron chi connectivity index (χ0n) is 8.38. The smallest absolute Gasteiger partial charge is 0.0812 e. The first kappa shape index (κ1) is 10.0. The lowest BCUT2D eigenvalue weighted by molar-refractivity contribution is -0.00800. The molecule has 1 aliphatic rings. The molecule has 2 nitrogen and oxygen atoms in total. The van der Waals surface area contributed by atoms with Crippen molar-refractivity contribution in [2.75, 3.05) is 13.2 Å². The summed E-state index contributed by atoms with van der Waals surface area (Å²) < 4.78 is 11.1. The summed E-state index contributed by atoms with van der Waals surface area (Å²) in [6.07, 6.45) is 3.10. The Labute approximate surface area is 75.2 Å². The van der Waals surface area contributed by atoms with Crippen LogP contribution in [0.3, 0.4) is 0 Å². The van der Waals surface area contributed by atoms with Crippen LogP contribution in [0.4, 0.5) is 0 Å². The van der Waals surface area contributed by atoms with E-state index in [1.165, 1.54) is 12.8 Å². The lowest BCUT2D eigenvalue weighted by Gasteiger charge is -2.12. The highest BCUT2D eigenvalue weighted by atomic mass is 16.5. The zero-order chi connectivity index (χ0) is 8.97. The third-order valence-electron chi connectivity index (χ3n) is 2.36. The van der Waals surface area contributed by atoms with Crippen LogP contribution >= 0.6 is 0 Å². The third-order valence-corrected chi connectivity index (χ3v) is 2.36. The summed E-state index contributed by atoms with van der Waals surface area (Å²) in [5, 5.41) is 0. The molecule has 1 fully saturated rings. The highest BCUT2D eigenvalue weighted by Crippen LogP contribution is 2.22. The molecule has 1 heterocycles. The molecule has 0 amide bonds.